The Morgan fingerprint density at radius 3 is 2.39 bits per heavy atom. The molecule has 1 aromatic carbocycles. The average Bonchev–Trinajstić information content (AvgIpc) is 2.49. The molecule has 0 spiro atoms. The summed E-state index contributed by atoms with van der Waals surface area (Å²) in [5, 5.41) is 2.60. The standard InChI is InChI=1S/C18H26F3N3O3.HI/c1-17(2,3)27-15(25)11-5-4-8-12-23-16(22)24-13-9-6-7-10-14(13)26-18(19,20)21;/h6-7,9-10H,4-5,8,11-12H2,1-3H3,(H3,22,23,24);1H. The molecule has 0 atom stereocenters. The van der Waals surface area contributed by atoms with Crippen molar-refractivity contribution in [2.24, 2.45) is 10.7 Å². The van der Waals surface area contributed by atoms with Crippen molar-refractivity contribution >= 4 is 41.6 Å². The lowest BCUT2D eigenvalue weighted by Gasteiger charge is -2.19. The number of halogens is 4. The van der Waals surface area contributed by atoms with E-state index in [1.54, 1.807) is 6.07 Å². The van der Waals surface area contributed by atoms with Crippen LogP contribution in [0.25, 0.3) is 0 Å². The molecule has 1 rings (SSSR count). The van der Waals surface area contributed by atoms with Crippen LogP contribution in [0.3, 0.4) is 0 Å². The molecule has 0 aliphatic rings. The monoisotopic (exact) mass is 517 g/mol. The van der Waals surface area contributed by atoms with Crippen molar-refractivity contribution in [3.05, 3.63) is 24.3 Å². The van der Waals surface area contributed by atoms with Crippen molar-refractivity contribution < 1.29 is 27.4 Å². The third kappa shape index (κ3) is 12.6. The van der Waals surface area contributed by atoms with E-state index in [0.717, 1.165) is 6.42 Å². The maximum atomic E-state index is 12.4. The number of hydrogen-bond acceptors (Lipinski definition) is 4. The molecule has 0 amide bonds. The molecule has 0 fully saturated rings. The first kappa shape index (κ1) is 26.3. The molecule has 0 saturated carbocycles. The van der Waals surface area contributed by atoms with Gasteiger partial charge in [0.15, 0.2) is 11.7 Å². The van der Waals surface area contributed by atoms with Crippen LogP contribution in [0.2, 0.25) is 0 Å². The number of rotatable bonds is 8. The fourth-order valence-electron chi connectivity index (χ4n) is 2.11. The van der Waals surface area contributed by atoms with Gasteiger partial charge in [0.1, 0.15) is 5.60 Å². The van der Waals surface area contributed by atoms with Crippen LogP contribution in [0.1, 0.15) is 46.5 Å². The van der Waals surface area contributed by atoms with Crippen LogP contribution < -0.4 is 15.8 Å². The van der Waals surface area contributed by atoms with Crippen molar-refractivity contribution in [3.8, 4) is 5.75 Å². The lowest BCUT2D eigenvalue weighted by atomic mass is 10.1. The van der Waals surface area contributed by atoms with Crippen molar-refractivity contribution in [3.63, 3.8) is 0 Å². The molecule has 0 saturated heterocycles. The number of carbonyl (C=O) groups excluding carboxylic acids is 1. The number of guanidine groups is 1. The second-order valence-electron chi connectivity index (χ2n) is 6.83. The highest BCUT2D eigenvalue weighted by atomic mass is 127. The van der Waals surface area contributed by atoms with Crippen LogP contribution >= 0.6 is 24.0 Å². The van der Waals surface area contributed by atoms with Gasteiger partial charge in [-0.15, -0.1) is 37.1 Å². The molecule has 0 radical (unpaired) electrons. The summed E-state index contributed by atoms with van der Waals surface area (Å²) < 4.78 is 46.3. The summed E-state index contributed by atoms with van der Waals surface area (Å²) in [5.74, 6) is -0.644. The van der Waals surface area contributed by atoms with E-state index < -0.39 is 12.0 Å². The first-order valence-corrected chi connectivity index (χ1v) is 8.60. The van der Waals surface area contributed by atoms with Gasteiger partial charge in [0.25, 0.3) is 0 Å². The highest BCUT2D eigenvalue weighted by Crippen LogP contribution is 2.29. The summed E-state index contributed by atoms with van der Waals surface area (Å²) in [4.78, 5) is 15.6. The molecular formula is C18H27F3IN3O3. The maximum absolute atomic E-state index is 12.4. The van der Waals surface area contributed by atoms with Crippen LogP contribution in [0, 0.1) is 0 Å². The SMILES string of the molecule is CC(C)(C)OC(=O)CCCCCN=C(N)Nc1ccccc1OC(F)(F)F.I. The number of aliphatic imine (C=N–C) groups is 1. The van der Waals surface area contributed by atoms with E-state index >= 15 is 0 Å². The van der Waals surface area contributed by atoms with Gasteiger partial charge in [-0.2, -0.15) is 0 Å². The highest BCUT2D eigenvalue weighted by Gasteiger charge is 2.32. The summed E-state index contributed by atoms with van der Waals surface area (Å²) in [5.41, 5.74) is 5.28. The van der Waals surface area contributed by atoms with E-state index in [1.807, 2.05) is 20.8 Å². The van der Waals surface area contributed by atoms with Gasteiger partial charge in [-0.05, 0) is 45.7 Å². The summed E-state index contributed by atoms with van der Waals surface area (Å²) in [6, 6.07) is 5.56. The van der Waals surface area contributed by atoms with Crippen molar-refractivity contribution in [1.29, 1.82) is 0 Å². The summed E-state index contributed by atoms with van der Waals surface area (Å²) in [7, 11) is 0. The molecule has 1 aromatic rings. The molecule has 3 N–H and O–H groups in total. The third-order valence-corrected chi connectivity index (χ3v) is 3.12. The number of nitrogens with two attached hydrogens (primary N) is 1. The number of ether oxygens (including phenoxy) is 2. The van der Waals surface area contributed by atoms with Crippen LogP contribution in [-0.4, -0.2) is 30.4 Å². The first-order valence-electron chi connectivity index (χ1n) is 8.60. The lowest BCUT2D eigenvalue weighted by molar-refractivity contribution is -0.274. The molecule has 0 unspecified atom stereocenters. The minimum Gasteiger partial charge on any atom is -0.460 e. The van der Waals surface area contributed by atoms with E-state index in [9.17, 15) is 18.0 Å². The van der Waals surface area contributed by atoms with Crippen molar-refractivity contribution in [2.75, 3.05) is 11.9 Å². The maximum Gasteiger partial charge on any atom is 0.573 e. The smallest absolute Gasteiger partial charge is 0.460 e. The van der Waals surface area contributed by atoms with Gasteiger partial charge in [-0.3, -0.25) is 9.79 Å². The minimum atomic E-state index is -4.79. The second kappa shape index (κ2) is 12.0. The van der Waals surface area contributed by atoms with Gasteiger partial charge in [0.2, 0.25) is 0 Å². The zero-order chi connectivity index (χ0) is 20.5. The molecule has 28 heavy (non-hydrogen) atoms. The zero-order valence-corrected chi connectivity index (χ0v) is 18.5. The number of nitrogens with zero attached hydrogens (tertiary/aromatic N) is 1. The Bertz CT molecular complexity index is 647. The predicted octanol–water partition coefficient (Wildman–Crippen LogP) is 4.83. The first-order chi connectivity index (χ1) is 12.5. The summed E-state index contributed by atoms with van der Waals surface area (Å²) >= 11 is 0. The Labute approximate surface area is 180 Å². The van der Waals surface area contributed by atoms with Crippen molar-refractivity contribution in [2.45, 2.75) is 58.4 Å². The van der Waals surface area contributed by atoms with Gasteiger partial charge >= 0.3 is 12.3 Å². The Hall–Kier alpha value is -1.72. The molecule has 6 nitrogen and oxygen atoms in total. The lowest BCUT2D eigenvalue weighted by Crippen LogP contribution is -2.24. The largest absolute Gasteiger partial charge is 0.573 e. The number of nitrogens with one attached hydrogen (secondary N) is 1. The minimum absolute atomic E-state index is 0. The summed E-state index contributed by atoms with van der Waals surface area (Å²) in [6.45, 7) is 5.82. The molecule has 0 aliphatic carbocycles. The quantitative estimate of drug-likeness (QED) is 0.170. The van der Waals surface area contributed by atoms with Crippen LogP contribution in [0.15, 0.2) is 29.3 Å². The van der Waals surface area contributed by atoms with E-state index in [4.69, 9.17) is 10.5 Å². The van der Waals surface area contributed by atoms with E-state index in [-0.39, 0.29) is 47.3 Å². The van der Waals surface area contributed by atoms with Gasteiger partial charge < -0.3 is 20.5 Å². The fraction of sp³-hybridized carbons (Fsp3) is 0.556. The van der Waals surface area contributed by atoms with Gasteiger partial charge in [0.05, 0.1) is 5.69 Å². The third-order valence-electron chi connectivity index (χ3n) is 3.12. The van der Waals surface area contributed by atoms with Gasteiger partial charge in [-0.25, -0.2) is 0 Å². The van der Waals surface area contributed by atoms with E-state index in [1.165, 1.54) is 18.2 Å². The number of alkyl halides is 3. The predicted molar refractivity (Wildman–Crippen MR) is 113 cm³/mol. The Kier molecular flexibility index (Phi) is 11.2. The van der Waals surface area contributed by atoms with Gasteiger partial charge in [0, 0.05) is 13.0 Å². The van der Waals surface area contributed by atoms with Crippen LogP contribution in [0.5, 0.6) is 5.75 Å². The number of unbranched alkanes of at least 4 members (excludes halogenated alkanes) is 2. The number of anilines is 1. The number of hydrogen-bond donors (Lipinski definition) is 2. The number of esters is 1. The molecule has 160 valence electrons. The number of para-hydroxylation sites is 2. The fourth-order valence-corrected chi connectivity index (χ4v) is 2.11. The number of carbonyl (C=O) groups is 1. The Balaban J connectivity index is 0.00000729. The molecule has 0 aliphatic heterocycles. The van der Waals surface area contributed by atoms with Crippen molar-refractivity contribution in [1.82, 2.24) is 0 Å². The van der Waals surface area contributed by atoms with Gasteiger partial charge in [-0.1, -0.05) is 18.6 Å². The van der Waals surface area contributed by atoms with E-state index in [0.29, 0.717) is 25.8 Å². The van der Waals surface area contributed by atoms with E-state index in [2.05, 4.69) is 15.0 Å². The normalized spacial score (nSPS) is 12.1. The molecule has 0 bridgehead atoms. The Morgan fingerprint density at radius 2 is 1.79 bits per heavy atom. The Morgan fingerprint density at radius 1 is 1.14 bits per heavy atom. The van der Waals surface area contributed by atoms with Crippen LogP contribution in [-0.2, 0) is 9.53 Å². The number of benzene rings is 1. The van der Waals surface area contributed by atoms with Crippen LogP contribution in [0.4, 0.5) is 18.9 Å². The molecular weight excluding hydrogens is 490 g/mol. The second-order valence-corrected chi connectivity index (χ2v) is 6.83. The molecule has 0 aromatic heterocycles. The molecule has 0 heterocycles. The highest BCUT2D eigenvalue weighted by molar-refractivity contribution is 14.0. The molecule has 10 heteroatoms. The average molecular weight is 517 g/mol. The topological polar surface area (TPSA) is 85.9 Å². The summed E-state index contributed by atoms with van der Waals surface area (Å²) in [6.07, 6.45) is -2.36. The zero-order valence-electron chi connectivity index (χ0n) is 16.1.